The minimum Gasteiger partial charge on any atom is -0.467 e. The van der Waals surface area contributed by atoms with Crippen molar-refractivity contribution in [2.24, 2.45) is 0 Å². The van der Waals surface area contributed by atoms with Crippen molar-refractivity contribution in [3.63, 3.8) is 0 Å². The van der Waals surface area contributed by atoms with Crippen LogP contribution >= 0.6 is 0 Å². The van der Waals surface area contributed by atoms with Crippen LogP contribution < -0.4 is 10.1 Å². The summed E-state index contributed by atoms with van der Waals surface area (Å²) in [5.74, 6) is 0.0306. The lowest BCUT2D eigenvalue weighted by atomic mass is 10.2. The average molecular weight is 325 g/mol. The first-order chi connectivity index (χ1) is 10.8. The fourth-order valence-electron chi connectivity index (χ4n) is 1.64. The van der Waals surface area contributed by atoms with Crippen LogP contribution in [-0.4, -0.2) is 32.1 Å². The molecule has 6 heteroatoms. The van der Waals surface area contributed by atoms with Crippen molar-refractivity contribution in [2.45, 2.75) is 32.8 Å². The number of benzene rings is 1. The first kappa shape index (κ1) is 19.0. The maximum atomic E-state index is 13.8. The van der Waals surface area contributed by atoms with Crippen LogP contribution in [0.1, 0.15) is 32.8 Å². The Morgan fingerprint density at radius 1 is 1.35 bits per heavy atom. The van der Waals surface area contributed by atoms with Crippen LogP contribution in [0.25, 0.3) is 6.08 Å². The van der Waals surface area contributed by atoms with E-state index in [4.69, 9.17) is 14.2 Å². The molecule has 1 N–H and O–H groups in total. The summed E-state index contributed by atoms with van der Waals surface area (Å²) in [5, 5.41) is 2.63. The third-order valence-electron chi connectivity index (χ3n) is 2.59. The largest absolute Gasteiger partial charge is 0.467 e. The standard InChI is InChI=1S/C17H24FNO4/c1-17(2,3)23-16(20)19-10-6-5-7-13-8-9-14(11-15(13)18)22-12-21-4/h5,7-9,11H,6,10,12H2,1-4H3,(H,19,20). The van der Waals surface area contributed by atoms with Gasteiger partial charge in [-0.3, -0.25) is 0 Å². The molecule has 1 aromatic carbocycles. The summed E-state index contributed by atoms with van der Waals surface area (Å²) in [4.78, 5) is 11.4. The highest BCUT2D eigenvalue weighted by molar-refractivity contribution is 5.67. The Kier molecular flexibility index (Phi) is 7.54. The summed E-state index contributed by atoms with van der Waals surface area (Å²) < 4.78 is 28.9. The molecule has 0 aliphatic heterocycles. The molecule has 1 rings (SSSR count). The summed E-state index contributed by atoms with van der Waals surface area (Å²) in [6.45, 7) is 5.90. The van der Waals surface area contributed by atoms with Crippen molar-refractivity contribution in [2.75, 3.05) is 20.4 Å². The van der Waals surface area contributed by atoms with E-state index in [1.165, 1.54) is 13.2 Å². The number of ether oxygens (including phenoxy) is 3. The van der Waals surface area contributed by atoms with Gasteiger partial charge in [-0.25, -0.2) is 9.18 Å². The lowest BCUT2D eigenvalue weighted by Crippen LogP contribution is -2.32. The summed E-state index contributed by atoms with van der Waals surface area (Å²) in [7, 11) is 1.50. The quantitative estimate of drug-likeness (QED) is 0.613. The first-order valence-electron chi connectivity index (χ1n) is 7.36. The van der Waals surface area contributed by atoms with Gasteiger partial charge in [0.2, 0.25) is 0 Å². The van der Waals surface area contributed by atoms with Crippen LogP contribution in [0.2, 0.25) is 0 Å². The molecule has 0 aromatic heterocycles. The van der Waals surface area contributed by atoms with Gasteiger partial charge in [-0.1, -0.05) is 12.2 Å². The monoisotopic (exact) mass is 325 g/mol. The molecule has 23 heavy (non-hydrogen) atoms. The molecule has 0 radical (unpaired) electrons. The van der Waals surface area contributed by atoms with Crippen molar-refractivity contribution >= 4 is 12.2 Å². The van der Waals surface area contributed by atoms with Gasteiger partial charge in [0, 0.05) is 25.3 Å². The number of methoxy groups -OCH3 is 1. The molecule has 0 atom stereocenters. The lowest BCUT2D eigenvalue weighted by Gasteiger charge is -2.19. The summed E-state index contributed by atoms with van der Waals surface area (Å²) in [6, 6.07) is 4.59. The van der Waals surface area contributed by atoms with E-state index >= 15 is 0 Å². The van der Waals surface area contributed by atoms with Crippen molar-refractivity contribution in [1.29, 1.82) is 0 Å². The van der Waals surface area contributed by atoms with Crippen molar-refractivity contribution in [3.8, 4) is 5.75 Å². The molecule has 128 valence electrons. The number of carbonyl (C=O) groups excluding carboxylic acids is 1. The third-order valence-corrected chi connectivity index (χ3v) is 2.59. The maximum absolute atomic E-state index is 13.8. The summed E-state index contributed by atoms with van der Waals surface area (Å²) >= 11 is 0. The Labute approximate surface area is 136 Å². The van der Waals surface area contributed by atoms with Crippen LogP contribution in [0.5, 0.6) is 5.75 Å². The van der Waals surface area contributed by atoms with Crippen molar-refractivity contribution < 1.29 is 23.4 Å². The van der Waals surface area contributed by atoms with Crippen LogP contribution in [0, 0.1) is 5.82 Å². The second-order valence-corrected chi connectivity index (χ2v) is 5.85. The van der Waals surface area contributed by atoms with Gasteiger partial charge in [0.05, 0.1) is 0 Å². The molecular weight excluding hydrogens is 301 g/mol. The number of amides is 1. The SMILES string of the molecule is COCOc1ccc(C=CCCNC(=O)OC(C)(C)C)c(F)c1. The zero-order valence-electron chi connectivity index (χ0n) is 14.0. The van der Waals surface area contributed by atoms with E-state index in [1.807, 2.05) is 0 Å². The molecule has 0 aliphatic rings. The van der Waals surface area contributed by atoms with Gasteiger partial charge in [0.25, 0.3) is 0 Å². The van der Waals surface area contributed by atoms with Crippen LogP contribution in [0.3, 0.4) is 0 Å². The highest BCUT2D eigenvalue weighted by atomic mass is 19.1. The zero-order chi connectivity index (χ0) is 17.3. The van der Waals surface area contributed by atoms with E-state index in [0.717, 1.165) is 0 Å². The smallest absolute Gasteiger partial charge is 0.407 e. The molecule has 0 unspecified atom stereocenters. The number of hydrogen-bond donors (Lipinski definition) is 1. The maximum Gasteiger partial charge on any atom is 0.407 e. The Balaban J connectivity index is 2.39. The van der Waals surface area contributed by atoms with Gasteiger partial charge < -0.3 is 19.5 Å². The molecule has 0 spiro atoms. The fraction of sp³-hybridized carbons (Fsp3) is 0.471. The van der Waals surface area contributed by atoms with Crippen molar-refractivity contribution in [1.82, 2.24) is 5.32 Å². The molecule has 0 aliphatic carbocycles. The fourth-order valence-corrected chi connectivity index (χ4v) is 1.64. The molecule has 1 amide bonds. The number of halogens is 1. The van der Waals surface area contributed by atoms with Gasteiger partial charge in [-0.05, 0) is 39.3 Å². The Bertz CT molecular complexity index is 538. The Morgan fingerprint density at radius 3 is 2.70 bits per heavy atom. The number of rotatable bonds is 7. The second kappa shape index (κ2) is 9.15. The van der Waals surface area contributed by atoms with Gasteiger partial charge in [0.1, 0.15) is 17.2 Å². The summed E-state index contributed by atoms with van der Waals surface area (Å²) in [5.41, 5.74) is -0.0672. The van der Waals surface area contributed by atoms with E-state index in [9.17, 15) is 9.18 Å². The van der Waals surface area contributed by atoms with Gasteiger partial charge in [-0.15, -0.1) is 0 Å². The van der Waals surface area contributed by atoms with Gasteiger partial charge in [-0.2, -0.15) is 0 Å². The first-order valence-corrected chi connectivity index (χ1v) is 7.36. The highest BCUT2D eigenvalue weighted by Crippen LogP contribution is 2.18. The van der Waals surface area contributed by atoms with E-state index in [-0.39, 0.29) is 12.6 Å². The molecule has 0 fully saturated rings. The second-order valence-electron chi connectivity index (χ2n) is 5.85. The summed E-state index contributed by atoms with van der Waals surface area (Å²) in [6.07, 6.45) is 3.55. The predicted octanol–water partition coefficient (Wildman–Crippen LogP) is 3.74. The van der Waals surface area contributed by atoms with Crippen LogP contribution in [-0.2, 0) is 9.47 Å². The normalized spacial score (nSPS) is 11.5. The van der Waals surface area contributed by atoms with Gasteiger partial charge >= 0.3 is 6.09 Å². The number of hydrogen-bond acceptors (Lipinski definition) is 4. The minimum absolute atomic E-state index is 0.0744. The van der Waals surface area contributed by atoms with E-state index in [0.29, 0.717) is 24.3 Å². The molecule has 1 aromatic rings. The Hall–Kier alpha value is -2.08. The molecular formula is C17H24FNO4. The molecule has 5 nitrogen and oxygen atoms in total. The van der Waals surface area contributed by atoms with Crippen molar-refractivity contribution in [3.05, 3.63) is 35.7 Å². The predicted molar refractivity (Wildman–Crippen MR) is 86.8 cm³/mol. The zero-order valence-corrected chi connectivity index (χ0v) is 14.0. The van der Waals surface area contributed by atoms with E-state index < -0.39 is 11.7 Å². The third kappa shape index (κ3) is 8.21. The van der Waals surface area contributed by atoms with E-state index in [1.54, 1.807) is 45.1 Å². The molecule has 0 saturated heterocycles. The molecule has 0 heterocycles. The Morgan fingerprint density at radius 2 is 2.09 bits per heavy atom. The van der Waals surface area contributed by atoms with E-state index in [2.05, 4.69) is 5.32 Å². The average Bonchev–Trinajstić information content (AvgIpc) is 2.44. The lowest BCUT2D eigenvalue weighted by molar-refractivity contribution is 0.0508. The van der Waals surface area contributed by atoms with Gasteiger partial charge in [0.15, 0.2) is 6.79 Å². The number of alkyl carbamates (subject to hydrolysis) is 1. The molecule has 0 bridgehead atoms. The number of nitrogens with one attached hydrogen (secondary N) is 1. The van der Waals surface area contributed by atoms with Crippen LogP contribution in [0.4, 0.5) is 9.18 Å². The number of carbonyl (C=O) groups is 1. The molecule has 0 saturated carbocycles. The van der Waals surface area contributed by atoms with Crippen LogP contribution in [0.15, 0.2) is 24.3 Å². The minimum atomic E-state index is -0.518. The topological polar surface area (TPSA) is 56.8 Å². The highest BCUT2D eigenvalue weighted by Gasteiger charge is 2.15.